The lowest BCUT2D eigenvalue weighted by molar-refractivity contribution is -0.114. The zero-order chi connectivity index (χ0) is 21.0. The smallest absolute Gasteiger partial charge is 0.251 e. The second kappa shape index (κ2) is 9.68. The topological polar surface area (TPSA) is 58.2 Å². The van der Waals surface area contributed by atoms with Gasteiger partial charge in [-0.2, -0.15) is 0 Å². The van der Waals surface area contributed by atoms with Gasteiger partial charge in [-0.1, -0.05) is 50.1 Å². The average Bonchev–Trinajstić information content (AvgIpc) is 2.68. The number of halogens is 1. The maximum Gasteiger partial charge on any atom is 0.251 e. The van der Waals surface area contributed by atoms with Gasteiger partial charge in [0.05, 0.1) is 5.69 Å². The summed E-state index contributed by atoms with van der Waals surface area (Å²) in [5.74, 6) is 0.810. The summed E-state index contributed by atoms with van der Waals surface area (Å²) < 4.78 is 0. The number of nitrogens with one attached hydrogen (secondary N) is 2. The van der Waals surface area contributed by atoms with Crippen molar-refractivity contribution < 1.29 is 9.59 Å². The van der Waals surface area contributed by atoms with Gasteiger partial charge in [-0.15, -0.1) is 0 Å². The lowest BCUT2D eigenvalue weighted by Crippen LogP contribution is -2.43. The first-order valence-electron chi connectivity index (χ1n) is 9.99. The van der Waals surface area contributed by atoms with E-state index in [0.717, 1.165) is 22.6 Å². The fourth-order valence-electron chi connectivity index (χ4n) is 3.71. The molecule has 4 nitrogen and oxygen atoms in total. The Hall–Kier alpha value is -1.98. The fourth-order valence-corrected chi connectivity index (χ4v) is 4.72. The summed E-state index contributed by atoms with van der Waals surface area (Å²) in [6.45, 7) is 5.93. The fraction of sp³-hybridized carbons (Fsp3) is 0.391. The van der Waals surface area contributed by atoms with Crippen LogP contribution in [0.4, 0.5) is 5.69 Å². The molecule has 0 aromatic heterocycles. The van der Waals surface area contributed by atoms with Gasteiger partial charge in [-0.05, 0) is 60.7 Å². The van der Waals surface area contributed by atoms with Crippen molar-refractivity contribution in [1.29, 1.82) is 0 Å². The van der Waals surface area contributed by atoms with Crippen LogP contribution >= 0.6 is 23.4 Å². The predicted octanol–water partition coefficient (Wildman–Crippen LogP) is 6.00. The van der Waals surface area contributed by atoms with Crippen LogP contribution in [0.1, 0.15) is 50.4 Å². The summed E-state index contributed by atoms with van der Waals surface area (Å²) in [7, 11) is 0. The number of hydrogen-bond acceptors (Lipinski definition) is 3. The molecule has 0 saturated heterocycles. The molecular weight excluding hydrogens is 404 g/mol. The van der Waals surface area contributed by atoms with Crippen LogP contribution in [-0.2, 0) is 4.79 Å². The first kappa shape index (κ1) is 21.7. The van der Waals surface area contributed by atoms with Gasteiger partial charge >= 0.3 is 0 Å². The number of carbonyl (C=O) groups excluding carboxylic acids is 2. The second-order valence-corrected chi connectivity index (χ2v) is 9.35. The number of hydrogen-bond donors (Lipinski definition) is 2. The van der Waals surface area contributed by atoms with Gasteiger partial charge in [0.25, 0.3) is 5.91 Å². The Labute approximate surface area is 181 Å². The third-order valence-corrected chi connectivity index (χ3v) is 6.95. The van der Waals surface area contributed by atoms with E-state index in [1.807, 2.05) is 36.4 Å². The van der Waals surface area contributed by atoms with Gasteiger partial charge in [-0.25, -0.2) is 0 Å². The van der Waals surface area contributed by atoms with Crippen molar-refractivity contribution >= 4 is 40.9 Å². The SMILES string of the molecule is CC(=O)Nc1cc(C(=O)N[C@@H]2CCC[C@@H](C)[C@@H]2C)ccc1Sc1ccc(Cl)cc1. The Morgan fingerprint density at radius 1 is 1.07 bits per heavy atom. The van der Waals surface area contributed by atoms with E-state index in [1.165, 1.54) is 25.1 Å². The zero-order valence-electron chi connectivity index (χ0n) is 17.0. The quantitative estimate of drug-likeness (QED) is 0.611. The summed E-state index contributed by atoms with van der Waals surface area (Å²) in [4.78, 5) is 26.4. The number of benzene rings is 2. The molecule has 6 heteroatoms. The van der Waals surface area contributed by atoms with Gasteiger partial charge in [0.1, 0.15) is 0 Å². The van der Waals surface area contributed by atoms with Crippen molar-refractivity contribution in [2.45, 2.75) is 55.9 Å². The summed E-state index contributed by atoms with van der Waals surface area (Å²) in [5.41, 5.74) is 1.19. The maximum absolute atomic E-state index is 12.9. The molecule has 0 radical (unpaired) electrons. The second-order valence-electron chi connectivity index (χ2n) is 7.80. The highest BCUT2D eigenvalue weighted by Crippen LogP contribution is 2.35. The van der Waals surface area contributed by atoms with Gasteiger partial charge in [-0.3, -0.25) is 9.59 Å². The molecule has 0 bridgehead atoms. The molecule has 1 saturated carbocycles. The summed E-state index contributed by atoms with van der Waals surface area (Å²) in [6, 6.07) is 13.2. The predicted molar refractivity (Wildman–Crippen MR) is 120 cm³/mol. The Balaban J connectivity index is 1.79. The first-order valence-corrected chi connectivity index (χ1v) is 11.2. The number of carbonyl (C=O) groups is 2. The van der Waals surface area contributed by atoms with Crippen LogP contribution in [0, 0.1) is 11.8 Å². The molecule has 3 atom stereocenters. The van der Waals surface area contributed by atoms with Crippen molar-refractivity contribution in [2.24, 2.45) is 11.8 Å². The maximum atomic E-state index is 12.9. The van der Waals surface area contributed by atoms with Crippen molar-refractivity contribution in [3.05, 3.63) is 53.1 Å². The van der Waals surface area contributed by atoms with Crippen LogP contribution in [0.5, 0.6) is 0 Å². The lowest BCUT2D eigenvalue weighted by atomic mass is 9.78. The zero-order valence-corrected chi connectivity index (χ0v) is 18.6. The minimum Gasteiger partial charge on any atom is -0.349 e. The lowest BCUT2D eigenvalue weighted by Gasteiger charge is -2.34. The Morgan fingerprint density at radius 2 is 1.79 bits per heavy atom. The molecule has 1 fully saturated rings. The van der Waals surface area contributed by atoms with E-state index in [1.54, 1.807) is 6.07 Å². The van der Waals surface area contributed by atoms with Crippen LogP contribution in [0.2, 0.25) is 5.02 Å². The standard InChI is InChI=1S/C23H27ClN2O2S/c1-14-5-4-6-20(15(14)2)26-23(28)17-7-12-22(21(13-17)25-16(3)27)29-19-10-8-18(24)9-11-19/h7-15,20H,4-6H2,1-3H3,(H,25,27)(H,26,28)/t14-,15+,20-/m1/s1. The van der Waals surface area contributed by atoms with Gasteiger partial charge in [0, 0.05) is 33.3 Å². The summed E-state index contributed by atoms with van der Waals surface area (Å²) >= 11 is 7.48. The van der Waals surface area contributed by atoms with E-state index in [-0.39, 0.29) is 17.9 Å². The highest BCUT2D eigenvalue weighted by molar-refractivity contribution is 7.99. The molecule has 29 heavy (non-hydrogen) atoms. The molecule has 154 valence electrons. The van der Waals surface area contributed by atoms with Gasteiger partial charge in [0.15, 0.2) is 0 Å². The van der Waals surface area contributed by atoms with E-state index in [2.05, 4.69) is 24.5 Å². The molecule has 0 spiro atoms. The molecule has 1 aliphatic carbocycles. The minimum atomic E-state index is -0.171. The minimum absolute atomic E-state index is 0.0920. The highest BCUT2D eigenvalue weighted by Gasteiger charge is 2.28. The molecule has 2 N–H and O–H groups in total. The normalized spacial score (nSPS) is 21.4. The molecule has 2 aromatic carbocycles. The van der Waals surface area contributed by atoms with Crippen LogP contribution in [0.15, 0.2) is 52.3 Å². The molecule has 3 rings (SSSR count). The van der Waals surface area contributed by atoms with E-state index in [4.69, 9.17) is 11.6 Å². The Bertz CT molecular complexity index is 885. The molecule has 1 aliphatic rings. The van der Waals surface area contributed by atoms with Crippen molar-refractivity contribution in [2.75, 3.05) is 5.32 Å². The largest absolute Gasteiger partial charge is 0.349 e. The average molecular weight is 431 g/mol. The van der Waals surface area contributed by atoms with E-state index in [0.29, 0.717) is 28.1 Å². The van der Waals surface area contributed by atoms with Crippen molar-refractivity contribution in [3.8, 4) is 0 Å². The monoisotopic (exact) mass is 430 g/mol. The molecule has 2 aromatic rings. The van der Waals surface area contributed by atoms with E-state index >= 15 is 0 Å². The van der Waals surface area contributed by atoms with Crippen LogP contribution in [0.25, 0.3) is 0 Å². The third-order valence-electron chi connectivity index (χ3n) is 5.62. The van der Waals surface area contributed by atoms with Gasteiger partial charge in [0.2, 0.25) is 5.91 Å². The Kier molecular flexibility index (Phi) is 7.25. The highest BCUT2D eigenvalue weighted by atomic mass is 35.5. The first-order chi connectivity index (χ1) is 13.8. The van der Waals surface area contributed by atoms with Crippen molar-refractivity contribution in [1.82, 2.24) is 5.32 Å². The van der Waals surface area contributed by atoms with E-state index < -0.39 is 0 Å². The number of amides is 2. The number of rotatable bonds is 5. The van der Waals surface area contributed by atoms with Gasteiger partial charge < -0.3 is 10.6 Å². The van der Waals surface area contributed by atoms with Crippen LogP contribution in [0.3, 0.4) is 0 Å². The van der Waals surface area contributed by atoms with Crippen LogP contribution in [-0.4, -0.2) is 17.9 Å². The van der Waals surface area contributed by atoms with Crippen molar-refractivity contribution in [3.63, 3.8) is 0 Å². The molecule has 0 aliphatic heterocycles. The molecular formula is C23H27ClN2O2S. The molecule has 0 unspecified atom stereocenters. The van der Waals surface area contributed by atoms with Crippen LogP contribution < -0.4 is 10.6 Å². The molecule has 2 amide bonds. The Morgan fingerprint density at radius 3 is 2.48 bits per heavy atom. The molecule has 0 heterocycles. The summed E-state index contributed by atoms with van der Waals surface area (Å²) in [5, 5.41) is 6.73. The number of anilines is 1. The third kappa shape index (κ3) is 5.77. The summed E-state index contributed by atoms with van der Waals surface area (Å²) in [6.07, 6.45) is 3.38. The van der Waals surface area contributed by atoms with E-state index in [9.17, 15) is 9.59 Å².